The zero-order valence-electron chi connectivity index (χ0n) is 12.8. The number of rotatable bonds is 4. The van der Waals surface area contributed by atoms with Gasteiger partial charge in [-0.25, -0.2) is 0 Å². The van der Waals surface area contributed by atoms with Crippen LogP contribution in [0, 0.1) is 6.92 Å². The topological polar surface area (TPSA) is 49.4 Å². The van der Waals surface area contributed by atoms with E-state index in [1.165, 1.54) is 11.8 Å². The van der Waals surface area contributed by atoms with Crippen LogP contribution in [0.3, 0.4) is 0 Å². The van der Waals surface area contributed by atoms with Crippen molar-refractivity contribution in [3.63, 3.8) is 0 Å². The highest BCUT2D eigenvalue weighted by Gasteiger charge is 2.17. The molecule has 0 aliphatic carbocycles. The normalized spacial score (nSPS) is 10.3. The third-order valence-corrected chi connectivity index (χ3v) is 4.00. The Balaban J connectivity index is 2.14. The molecule has 0 atom stereocenters. The van der Waals surface area contributed by atoms with E-state index in [0.717, 1.165) is 10.0 Å². The van der Waals surface area contributed by atoms with Crippen molar-refractivity contribution in [1.82, 2.24) is 0 Å². The first-order chi connectivity index (χ1) is 10.9. The predicted molar refractivity (Wildman–Crippen MR) is 97.0 cm³/mol. The van der Waals surface area contributed by atoms with Gasteiger partial charge < -0.3 is 10.2 Å². The second-order valence-corrected chi connectivity index (χ2v) is 6.44. The lowest BCUT2D eigenvalue weighted by molar-refractivity contribution is -0.120. The number of anilines is 2. The number of carbonyl (C=O) groups excluding carboxylic acids is 2. The van der Waals surface area contributed by atoms with E-state index in [4.69, 9.17) is 11.6 Å². The van der Waals surface area contributed by atoms with E-state index >= 15 is 0 Å². The average Bonchev–Trinajstić information content (AvgIpc) is 2.48. The Bertz CT molecular complexity index is 732. The van der Waals surface area contributed by atoms with E-state index in [2.05, 4.69) is 21.2 Å². The van der Waals surface area contributed by atoms with Gasteiger partial charge in [-0.05, 0) is 55.0 Å². The number of aryl methyl sites for hydroxylation is 1. The standard InChI is InChI=1S/C17H16BrClN2O2/c1-11-9-13(18)3-8-16(11)21(12(2)22)10-17(23)20-15-6-4-14(19)5-7-15/h3-9H,10H2,1-2H3,(H,20,23). The van der Waals surface area contributed by atoms with Gasteiger partial charge in [-0.1, -0.05) is 27.5 Å². The highest BCUT2D eigenvalue weighted by atomic mass is 79.9. The zero-order chi connectivity index (χ0) is 17.0. The third kappa shape index (κ3) is 4.81. The molecular weight excluding hydrogens is 380 g/mol. The van der Waals surface area contributed by atoms with Gasteiger partial charge in [0.1, 0.15) is 6.54 Å². The molecule has 0 aliphatic heterocycles. The molecule has 6 heteroatoms. The molecule has 0 saturated heterocycles. The molecule has 0 bridgehead atoms. The Morgan fingerprint density at radius 3 is 2.39 bits per heavy atom. The summed E-state index contributed by atoms with van der Waals surface area (Å²) in [6, 6.07) is 12.4. The van der Waals surface area contributed by atoms with Gasteiger partial charge in [0, 0.05) is 27.8 Å². The third-order valence-electron chi connectivity index (χ3n) is 3.26. The summed E-state index contributed by atoms with van der Waals surface area (Å²) in [5.41, 5.74) is 2.26. The maximum Gasteiger partial charge on any atom is 0.244 e. The average molecular weight is 396 g/mol. The Morgan fingerprint density at radius 1 is 1.17 bits per heavy atom. The van der Waals surface area contributed by atoms with Crippen LogP contribution in [-0.4, -0.2) is 18.4 Å². The number of benzene rings is 2. The van der Waals surface area contributed by atoms with Crippen LogP contribution >= 0.6 is 27.5 Å². The lowest BCUT2D eigenvalue weighted by atomic mass is 10.2. The Labute approximate surface area is 148 Å². The minimum absolute atomic E-state index is 0.0551. The highest BCUT2D eigenvalue weighted by molar-refractivity contribution is 9.10. The van der Waals surface area contributed by atoms with Gasteiger partial charge in [0.2, 0.25) is 11.8 Å². The smallest absolute Gasteiger partial charge is 0.244 e. The first kappa shape index (κ1) is 17.5. The van der Waals surface area contributed by atoms with Gasteiger partial charge in [0.05, 0.1) is 0 Å². The van der Waals surface area contributed by atoms with Crippen LogP contribution in [-0.2, 0) is 9.59 Å². The summed E-state index contributed by atoms with van der Waals surface area (Å²) in [5, 5.41) is 3.35. The van der Waals surface area contributed by atoms with Crippen molar-refractivity contribution in [3.05, 3.63) is 57.5 Å². The molecule has 0 aliphatic rings. The van der Waals surface area contributed by atoms with Crippen LogP contribution in [0.2, 0.25) is 5.02 Å². The van der Waals surface area contributed by atoms with E-state index in [1.807, 2.05) is 25.1 Å². The molecule has 4 nitrogen and oxygen atoms in total. The molecule has 0 saturated carbocycles. The maximum atomic E-state index is 12.2. The van der Waals surface area contributed by atoms with Gasteiger partial charge in [0.15, 0.2) is 0 Å². The summed E-state index contributed by atoms with van der Waals surface area (Å²) in [6.45, 7) is 3.28. The molecule has 0 spiro atoms. The Morgan fingerprint density at radius 2 is 1.83 bits per heavy atom. The largest absolute Gasteiger partial charge is 0.325 e. The SMILES string of the molecule is CC(=O)N(CC(=O)Nc1ccc(Cl)cc1)c1ccc(Br)cc1C. The van der Waals surface area contributed by atoms with Crippen molar-refractivity contribution in [2.45, 2.75) is 13.8 Å². The molecule has 2 rings (SSSR count). The minimum Gasteiger partial charge on any atom is -0.325 e. The van der Waals surface area contributed by atoms with Crippen LogP contribution in [0.4, 0.5) is 11.4 Å². The highest BCUT2D eigenvalue weighted by Crippen LogP contribution is 2.24. The number of halogens is 2. The van der Waals surface area contributed by atoms with Crippen LogP contribution in [0.1, 0.15) is 12.5 Å². The molecule has 2 aromatic rings. The molecule has 0 fully saturated rings. The van der Waals surface area contributed by atoms with Gasteiger partial charge in [-0.2, -0.15) is 0 Å². The van der Waals surface area contributed by atoms with Gasteiger partial charge in [-0.15, -0.1) is 0 Å². The molecule has 1 N–H and O–H groups in total. The summed E-state index contributed by atoms with van der Waals surface area (Å²) >= 11 is 9.20. The summed E-state index contributed by atoms with van der Waals surface area (Å²) < 4.78 is 0.924. The van der Waals surface area contributed by atoms with Gasteiger partial charge in [-0.3, -0.25) is 9.59 Å². The molecule has 0 unspecified atom stereocenters. The summed E-state index contributed by atoms with van der Waals surface area (Å²) in [5.74, 6) is -0.466. The lowest BCUT2D eigenvalue weighted by Crippen LogP contribution is -2.37. The lowest BCUT2D eigenvalue weighted by Gasteiger charge is -2.22. The van der Waals surface area contributed by atoms with Crippen LogP contribution in [0.25, 0.3) is 0 Å². The zero-order valence-corrected chi connectivity index (χ0v) is 15.1. The summed E-state index contributed by atoms with van der Waals surface area (Å²) in [6.07, 6.45) is 0. The van der Waals surface area contributed by atoms with Crippen LogP contribution in [0.15, 0.2) is 46.9 Å². The maximum absolute atomic E-state index is 12.2. The number of nitrogens with zero attached hydrogens (tertiary/aromatic N) is 1. The first-order valence-corrected chi connectivity index (χ1v) is 8.13. The molecule has 23 heavy (non-hydrogen) atoms. The minimum atomic E-state index is -0.273. The number of amides is 2. The molecule has 120 valence electrons. The monoisotopic (exact) mass is 394 g/mol. The summed E-state index contributed by atoms with van der Waals surface area (Å²) in [4.78, 5) is 25.6. The second-order valence-electron chi connectivity index (χ2n) is 5.09. The molecule has 0 aromatic heterocycles. The van der Waals surface area contributed by atoms with Crippen molar-refractivity contribution in [2.75, 3.05) is 16.8 Å². The van der Waals surface area contributed by atoms with Crippen molar-refractivity contribution in [3.8, 4) is 0 Å². The van der Waals surface area contributed by atoms with Gasteiger partial charge in [0.25, 0.3) is 0 Å². The number of nitrogens with one attached hydrogen (secondary N) is 1. The van der Waals surface area contributed by atoms with Crippen LogP contribution in [0.5, 0.6) is 0 Å². The van der Waals surface area contributed by atoms with E-state index in [-0.39, 0.29) is 18.4 Å². The fourth-order valence-electron chi connectivity index (χ4n) is 2.17. The van der Waals surface area contributed by atoms with E-state index in [9.17, 15) is 9.59 Å². The van der Waals surface area contributed by atoms with Gasteiger partial charge >= 0.3 is 0 Å². The van der Waals surface area contributed by atoms with E-state index in [0.29, 0.717) is 16.4 Å². The quantitative estimate of drug-likeness (QED) is 0.834. The molecule has 2 aromatic carbocycles. The van der Waals surface area contributed by atoms with E-state index < -0.39 is 0 Å². The fraction of sp³-hybridized carbons (Fsp3) is 0.176. The summed E-state index contributed by atoms with van der Waals surface area (Å²) in [7, 11) is 0. The van der Waals surface area contributed by atoms with Crippen molar-refractivity contribution < 1.29 is 9.59 Å². The number of carbonyl (C=O) groups is 2. The Hall–Kier alpha value is -1.85. The Kier molecular flexibility index (Phi) is 5.80. The van der Waals surface area contributed by atoms with E-state index in [1.54, 1.807) is 24.3 Å². The number of hydrogen-bond acceptors (Lipinski definition) is 2. The first-order valence-electron chi connectivity index (χ1n) is 6.96. The molecule has 0 heterocycles. The van der Waals surface area contributed by atoms with Crippen molar-refractivity contribution in [1.29, 1.82) is 0 Å². The fourth-order valence-corrected chi connectivity index (χ4v) is 2.77. The molecule has 0 radical (unpaired) electrons. The van der Waals surface area contributed by atoms with Crippen molar-refractivity contribution in [2.24, 2.45) is 0 Å². The predicted octanol–water partition coefficient (Wildman–Crippen LogP) is 4.40. The number of hydrogen-bond donors (Lipinski definition) is 1. The molecule has 2 amide bonds. The van der Waals surface area contributed by atoms with Crippen molar-refractivity contribution >= 4 is 50.7 Å². The second kappa shape index (κ2) is 7.62. The molecular formula is C17H16BrClN2O2. The van der Waals surface area contributed by atoms with Crippen LogP contribution < -0.4 is 10.2 Å².